The second kappa shape index (κ2) is 9.46. The van der Waals surface area contributed by atoms with E-state index in [1.807, 2.05) is 6.20 Å². The number of rotatable bonds is 7. The van der Waals surface area contributed by atoms with Crippen molar-refractivity contribution in [1.29, 1.82) is 0 Å². The van der Waals surface area contributed by atoms with E-state index in [0.717, 1.165) is 37.0 Å². The van der Waals surface area contributed by atoms with Crippen molar-refractivity contribution >= 4 is 18.8 Å². The summed E-state index contributed by atoms with van der Waals surface area (Å²) in [7, 11) is -1.39. The van der Waals surface area contributed by atoms with Gasteiger partial charge in [-0.2, -0.15) is 0 Å². The van der Waals surface area contributed by atoms with E-state index in [2.05, 4.69) is 104 Å². The molecule has 0 spiro atoms. The minimum Gasteiger partial charge on any atom is -0.331 e. The number of hydrogen-bond acceptors (Lipinski definition) is 2. The fourth-order valence-corrected chi connectivity index (χ4v) is 5.56. The summed E-state index contributed by atoms with van der Waals surface area (Å²) < 4.78 is 0. The van der Waals surface area contributed by atoms with E-state index in [9.17, 15) is 0 Å². The Morgan fingerprint density at radius 2 is 1.91 bits per heavy atom. The van der Waals surface area contributed by atoms with E-state index in [1.165, 1.54) is 34.1 Å². The molecule has 0 fully saturated rings. The highest BCUT2D eigenvalue weighted by molar-refractivity contribution is 6.88. The zero-order valence-electron chi connectivity index (χ0n) is 20.1. The molecule has 3 aliphatic rings. The van der Waals surface area contributed by atoms with Gasteiger partial charge in [-0.25, -0.2) is 0 Å². The SMILES string of the molecule is C=C(/C=C(\C)C1=C(N(C2=CCCC=C2)C2C=C2)C=CCCC1)c1cc([Si](C)(C)C)ccn1. The molecule has 0 N–H and O–H groups in total. The van der Waals surface area contributed by atoms with Gasteiger partial charge in [-0.05, 0) is 80.0 Å². The van der Waals surface area contributed by atoms with Gasteiger partial charge < -0.3 is 4.90 Å². The highest BCUT2D eigenvalue weighted by atomic mass is 28.3. The zero-order chi connectivity index (χ0) is 22.7. The maximum Gasteiger partial charge on any atom is 0.0777 e. The van der Waals surface area contributed by atoms with Gasteiger partial charge in [0.15, 0.2) is 0 Å². The van der Waals surface area contributed by atoms with E-state index >= 15 is 0 Å². The molecule has 0 saturated heterocycles. The largest absolute Gasteiger partial charge is 0.331 e. The molecule has 2 nitrogen and oxygen atoms in total. The van der Waals surface area contributed by atoms with Gasteiger partial charge in [0.05, 0.1) is 19.8 Å². The number of allylic oxidation sites excluding steroid dienone is 9. The lowest BCUT2D eigenvalue weighted by Crippen LogP contribution is -2.37. The summed E-state index contributed by atoms with van der Waals surface area (Å²) in [6.45, 7) is 13.8. The topological polar surface area (TPSA) is 16.1 Å². The molecule has 0 unspecified atom stereocenters. The first-order valence-corrected chi connectivity index (χ1v) is 15.4. The Morgan fingerprint density at radius 1 is 1.12 bits per heavy atom. The van der Waals surface area contributed by atoms with Crippen LogP contribution in [0.1, 0.15) is 44.7 Å². The van der Waals surface area contributed by atoms with Crippen LogP contribution in [0.5, 0.6) is 0 Å². The summed E-state index contributed by atoms with van der Waals surface area (Å²) in [5.41, 5.74) is 7.37. The predicted octanol–water partition coefficient (Wildman–Crippen LogP) is 7.05. The van der Waals surface area contributed by atoms with Gasteiger partial charge in [-0.3, -0.25) is 4.98 Å². The quantitative estimate of drug-likeness (QED) is 0.256. The third-order valence-corrected chi connectivity index (χ3v) is 8.42. The van der Waals surface area contributed by atoms with E-state index in [4.69, 9.17) is 0 Å². The summed E-state index contributed by atoms with van der Waals surface area (Å²) in [6, 6.07) is 4.81. The number of aromatic nitrogens is 1. The van der Waals surface area contributed by atoms with Crippen molar-refractivity contribution in [1.82, 2.24) is 9.88 Å². The molecule has 0 aromatic carbocycles. The molecule has 4 rings (SSSR count). The molecule has 0 atom stereocenters. The molecule has 0 bridgehead atoms. The summed E-state index contributed by atoms with van der Waals surface area (Å²) in [6.07, 6.45) is 26.1. The predicted molar refractivity (Wildman–Crippen MR) is 141 cm³/mol. The molecular formula is C29H36N2Si. The van der Waals surface area contributed by atoms with Crippen molar-refractivity contribution in [3.63, 3.8) is 0 Å². The van der Waals surface area contributed by atoms with Crippen molar-refractivity contribution in [3.8, 4) is 0 Å². The molecular weight excluding hydrogens is 404 g/mol. The summed E-state index contributed by atoms with van der Waals surface area (Å²) >= 11 is 0. The Hall–Kier alpha value is -2.65. The number of hydrogen-bond donors (Lipinski definition) is 0. The summed E-state index contributed by atoms with van der Waals surface area (Å²) in [4.78, 5) is 7.16. The minimum atomic E-state index is -1.39. The van der Waals surface area contributed by atoms with Crippen LogP contribution in [0.4, 0.5) is 0 Å². The van der Waals surface area contributed by atoms with Crippen LogP contribution in [0.15, 0.2) is 96.1 Å². The maximum atomic E-state index is 4.64. The Morgan fingerprint density at radius 3 is 2.59 bits per heavy atom. The standard InChI is InChI=1S/C29H36N2Si/c1-22(20-23(2)28-21-26(18-19-30-28)32(3,4)5)27-14-10-7-11-15-29(27)31(25-16-17-25)24-12-8-6-9-13-24/h8,11-13,15-21,25H,2,6-7,9-10,14H2,1,3-5H3/b22-20+. The first-order chi connectivity index (χ1) is 15.3. The molecule has 0 radical (unpaired) electrons. The second-order valence-corrected chi connectivity index (χ2v) is 15.1. The zero-order valence-corrected chi connectivity index (χ0v) is 21.1. The van der Waals surface area contributed by atoms with Gasteiger partial charge in [-0.1, -0.05) is 67.9 Å². The summed E-state index contributed by atoms with van der Waals surface area (Å²) in [5, 5.41) is 1.43. The average Bonchev–Trinajstić information content (AvgIpc) is 3.62. The number of pyridine rings is 1. The second-order valence-electron chi connectivity index (χ2n) is 10.0. The van der Waals surface area contributed by atoms with Crippen LogP contribution in [0.2, 0.25) is 19.6 Å². The average molecular weight is 441 g/mol. The fourth-order valence-electron chi connectivity index (χ4n) is 4.41. The van der Waals surface area contributed by atoms with Crippen LogP contribution in [0, 0.1) is 0 Å². The van der Waals surface area contributed by atoms with E-state index in [0.29, 0.717) is 6.04 Å². The molecule has 1 aromatic heterocycles. The molecule has 0 aliphatic heterocycles. The third-order valence-electron chi connectivity index (χ3n) is 6.38. The molecule has 3 aliphatic carbocycles. The van der Waals surface area contributed by atoms with Gasteiger partial charge in [0.2, 0.25) is 0 Å². The Kier molecular flexibility index (Phi) is 6.66. The van der Waals surface area contributed by atoms with Crippen LogP contribution in [0.25, 0.3) is 5.57 Å². The van der Waals surface area contributed by atoms with Crippen LogP contribution in [0.3, 0.4) is 0 Å². The van der Waals surface area contributed by atoms with E-state index in [-0.39, 0.29) is 0 Å². The normalized spacial score (nSPS) is 19.1. The Labute approximate surface area is 195 Å². The van der Waals surface area contributed by atoms with Gasteiger partial charge in [0.25, 0.3) is 0 Å². The lowest BCUT2D eigenvalue weighted by molar-refractivity contribution is 0.457. The molecule has 166 valence electrons. The first kappa shape index (κ1) is 22.5. The third kappa shape index (κ3) is 5.21. The summed E-state index contributed by atoms with van der Waals surface area (Å²) in [5.74, 6) is 0. The van der Waals surface area contributed by atoms with Crippen molar-refractivity contribution in [3.05, 3.63) is 102 Å². The smallest absolute Gasteiger partial charge is 0.0777 e. The van der Waals surface area contributed by atoms with Gasteiger partial charge in [-0.15, -0.1) is 0 Å². The van der Waals surface area contributed by atoms with Crippen LogP contribution >= 0.6 is 0 Å². The molecule has 3 heteroatoms. The van der Waals surface area contributed by atoms with Gasteiger partial charge in [0, 0.05) is 17.6 Å². The van der Waals surface area contributed by atoms with E-state index in [1.54, 1.807) is 0 Å². The molecule has 1 aromatic rings. The molecule has 1 heterocycles. The van der Waals surface area contributed by atoms with Crippen LogP contribution < -0.4 is 5.19 Å². The maximum absolute atomic E-state index is 4.64. The lowest BCUT2D eigenvalue weighted by Gasteiger charge is -2.31. The van der Waals surface area contributed by atoms with E-state index < -0.39 is 8.07 Å². The van der Waals surface area contributed by atoms with Crippen LogP contribution in [-0.4, -0.2) is 24.0 Å². The fraction of sp³-hybridized carbons (Fsp3) is 0.345. The molecule has 32 heavy (non-hydrogen) atoms. The molecule has 0 amide bonds. The van der Waals surface area contributed by atoms with Crippen molar-refractivity contribution < 1.29 is 0 Å². The van der Waals surface area contributed by atoms with Crippen molar-refractivity contribution in [2.75, 3.05) is 0 Å². The van der Waals surface area contributed by atoms with Gasteiger partial charge in [0.1, 0.15) is 0 Å². The monoisotopic (exact) mass is 440 g/mol. The Balaban J connectivity index is 1.70. The lowest BCUT2D eigenvalue weighted by atomic mass is 9.96. The van der Waals surface area contributed by atoms with Crippen molar-refractivity contribution in [2.45, 2.75) is 64.7 Å². The highest BCUT2D eigenvalue weighted by Crippen LogP contribution is 2.36. The first-order valence-electron chi connectivity index (χ1n) is 11.9. The van der Waals surface area contributed by atoms with Crippen LogP contribution in [-0.2, 0) is 0 Å². The molecule has 0 saturated carbocycles. The van der Waals surface area contributed by atoms with Gasteiger partial charge >= 0.3 is 0 Å². The number of nitrogens with zero attached hydrogens (tertiary/aromatic N) is 2. The Bertz CT molecular complexity index is 1070. The minimum absolute atomic E-state index is 0.392. The van der Waals surface area contributed by atoms with Crippen molar-refractivity contribution in [2.24, 2.45) is 0 Å². The highest BCUT2D eigenvalue weighted by Gasteiger charge is 2.27.